The van der Waals surface area contributed by atoms with Gasteiger partial charge in [-0.3, -0.25) is 4.79 Å². The SMILES string of the molecule is CN1CCC(C2(C3CCN(C)CC3)C=C(C(C)(C)C)CC(C3CCN(C)CC3)(C3CCN(C)CC3)C2C(=O)O)CC1. The average Bonchev–Trinajstić information content (AvgIpc) is 2.93. The first-order valence-electron chi connectivity index (χ1n) is 17.1. The number of allylic oxidation sites excluding steroid dienone is 2. The Bertz CT molecular complexity index is 880. The van der Waals surface area contributed by atoms with E-state index >= 15 is 0 Å². The van der Waals surface area contributed by atoms with E-state index in [9.17, 15) is 9.90 Å². The number of rotatable bonds is 5. The highest BCUT2D eigenvalue weighted by molar-refractivity contribution is 5.74. The minimum absolute atomic E-state index is 0.0494. The summed E-state index contributed by atoms with van der Waals surface area (Å²) in [5.74, 6) is 1.10. The minimum atomic E-state index is -0.468. The van der Waals surface area contributed by atoms with Gasteiger partial charge in [0, 0.05) is 5.41 Å². The third kappa shape index (κ3) is 5.93. The molecule has 0 aromatic rings. The lowest BCUT2D eigenvalue weighted by atomic mass is 9.39. The van der Waals surface area contributed by atoms with Gasteiger partial charge in [0.25, 0.3) is 0 Å². The molecule has 0 aromatic heterocycles. The Kier molecular flexibility index (Phi) is 9.37. The second kappa shape index (κ2) is 12.2. The summed E-state index contributed by atoms with van der Waals surface area (Å²) in [6.45, 7) is 16.1. The van der Waals surface area contributed by atoms with Crippen molar-refractivity contribution in [3.8, 4) is 0 Å². The zero-order valence-electron chi connectivity index (χ0n) is 27.6. The number of hydrogen-bond acceptors (Lipinski definition) is 5. The molecule has 1 atom stereocenters. The normalized spacial score (nSPS) is 31.3. The fourth-order valence-electron chi connectivity index (χ4n) is 10.5. The maximum Gasteiger partial charge on any atom is 0.307 e. The largest absolute Gasteiger partial charge is 0.481 e. The molecule has 1 aliphatic carbocycles. The van der Waals surface area contributed by atoms with Gasteiger partial charge in [0.1, 0.15) is 0 Å². The van der Waals surface area contributed by atoms with Gasteiger partial charge in [-0.05, 0) is 173 Å². The van der Waals surface area contributed by atoms with Crippen LogP contribution in [0.5, 0.6) is 0 Å². The van der Waals surface area contributed by atoms with Crippen molar-refractivity contribution in [2.45, 2.75) is 78.6 Å². The molecule has 0 aromatic carbocycles. The molecule has 0 radical (unpaired) electrons. The number of carboxylic acids is 1. The third-order valence-electron chi connectivity index (χ3n) is 13.0. The van der Waals surface area contributed by atoms with E-state index < -0.39 is 5.97 Å². The van der Waals surface area contributed by atoms with Crippen LogP contribution in [-0.2, 0) is 4.79 Å². The Morgan fingerprint density at radius 2 is 0.976 bits per heavy atom. The maximum atomic E-state index is 14.3. The Labute approximate surface area is 251 Å². The van der Waals surface area contributed by atoms with Crippen LogP contribution in [0.2, 0.25) is 0 Å². The van der Waals surface area contributed by atoms with Crippen LogP contribution in [0.15, 0.2) is 11.6 Å². The average molecular weight is 571 g/mol. The lowest BCUT2D eigenvalue weighted by Crippen LogP contribution is -2.64. The first-order chi connectivity index (χ1) is 19.4. The second-order valence-electron chi connectivity index (χ2n) is 16.3. The smallest absolute Gasteiger partial charge is 0.307 e. The van der Waals surface area contributed by atoms with E-state index in [0.717, 1.165) is 110 Å². The maximum absolute atomic E-state index is 14.3. The second-order valence-corrected chi connectivity index (χ2v) is 16.3. The molecular weight excluding hydrogens is 508 g/mol. The molecule has 41 heavy (non-hydrogen) atoms. The monoisotopic (exact) mass is 570 g/mol. The van der Waals surface area contributed by atoms with E-state index in [4.69, 9.17) is 0 Å². The van der Waals surface area contributed by atoms with Crippen LogP contribution >= 0.6 is 0 Å². The van der Waals surface area contributed by atoms with E-state index in [1.54, 1.807) is 5.57 Å². The number of carbonyl (C=O) groups is 1. The number of piperidine rings is 4. The summed E-state index contributed by atoms with van der Waals surface area (Å²) in [5.41, 5.74) is 1.21. The minimum Gasteiger partial charge on any atom is -0.481 e. The molecule has 0 spiro atoms. The molecule has 234 valence electrons. The summed E-state index contributed by atoms with van der Waals surface area (Å²) >= 11 is 0. The van der Waals surface area contributed by atoms with Crippen LogP contribution in [0, 0.1) is 45.8 Å². The quantitative estimate of drug-likeness (QED) is 0.447. The summed E-state index contributed by atoms with van der Waals surface area (Å²) in [4.78, 5) is 24.2. The molecular formula is C35H62N4O2. The highest BCUT2D eigenvalue weighted by Gasteiger charge is 2.66. The fourth-order valence-corrected chi connectivity index (χ4v) is 10.5. The van der Waals surface area contributed by atoms with E-state index in [2.05, 4.69) is 74.6 Å². The Morgan fingerprint density at radius 3 is 1.27 bits per heavy atom. The topological polar surface area (TPSA) is 50.3 Å². The molecule has 5 rings (SSSR count). The van der Waals surface area contributed by atoms with Gasteiger partial charge >= 0.3 is 5.97 Å². The molecule has 5 aliphatic rings. The standard InChI is InChI=1S/C35H62N4O2/c1-33(2,3)30-24-34(26-8-16-36(4)17-9-26,27-10-18-37(5)19-11-27)31(32(40)41)35(25-30,28-12-20-38(6)21-13-28)29-14-22-39(7)23-15-29/h24,26-29,31H,8-23,25H2,1-7H3,(H,40,41). The van der Waals surface area contributed by atoms with E-state index in [1.165, 1.54) is 0 Å². The molecule has 6 heteroatoms. The molecule has 4 aliphatic heterocycles. The van der Waals surface area contributed by atoms with Crippen LogP contribution in [0.3, 0.4) is 0 Å². The van der Waals surface area contributed by atoms with E-state index in [0.29, 0.717) is 23.7 Å². The summed E-state index contributed by atoms with van der Waals surface area (Å²) in [6.07, 6.45) is 12.9. The first-order valence-corrected chi connectivity index (χ1v) is 17.1. The van der Waals surface area contributed by atoms with Crippen LogP contribution < -0.4 is 0 Å². The third-order valence-corrected chi connectivity index (χ3v) is 13.0. The predicted octanol–water partition coefficient (Wildman–Crippen LogP) is 5.40. The van der Waals surface area contributed by atoms with Crippen molar-refractivity contribution in [2.75, 3.05) is 80.5 Å². The molecule has 6 nitrogen and oxygen atoms in total. The van der Waals surface area contributed by atoms with Crippen molar-refractivity contribution < 1.29 is 9.90 Å². The summed E-state index contributed by atoms with van der Waals surface area (Å²) in [6, 6.07) is 0. The van der Waals surface area contributed by atoms with Gasteiger partial charge < -0.3 is 24.7 Å². The lowest BCUT2D eigenvalue weighted by molar-refractivity contribution is -0.183. The summed E-state index contributed by atoms with van der Waals surface area (Å²) in [5, 5.41) is 11.8. The van der Waals surface area contributed by atoms with E-state index in [1.807, 2.05) is 0 Å². The molecule has 4 heterocycles. The van der Waals surface area contributed by atoms with Gasteiger partial charge in [-0.2, -0.15) is 0 Å². The van der Waals surface area contributed by atoms with Crippen molar-refractivity contribution in [1.29, 1.82) is 0 Å². The van der Waals surface area contributed by atoms with Crippen LogP contribution in [-0.4, -0.2) is 111 Å². The van der Waals surface area contributed by atoms with E-state index in [-0.39, 0.29) is 22.2 Å². The Balaban J connectivity index is 1.75. The molecule has 4 fully saturated rings. The first kappa shape index (κ1) is 31.5. The summed E-state index contributed by atoms with van der Waals surface area (Å²) < 4.78 is 0. The van der Waals surface area contributed by atoms with Crippen LogP contribution in [0.25, 0.3) is 0 Å². The highest BCUT2D eigenvalue weighted by Crippen LogP contribution is 2.68. The molecule has 1 unspecified atom stereocenters. The predicted molar refractivity (Wildman–Crippen MR) is 169 cm³/mol. The number of carboxylic acid groups (broad SMARTS) is 1. The van der Waals surface area contributed by atoms with Crippen LogP contribution in [0.4, 0.5) is 0 Å². The molecule has 1 N–H and O–H groups in total. The number of hydrogen-bond donors (Lipinski definition) is 1. The molecule has 0 saturated carbocycles. The summed E-state index contributed by atoms with van der Waals surface area (Å²) in [7, 11) is 9.03. The zero-order valence-corrected chi connectivity index (χ0v) is 27.6. The van der Waals surface area contributed by atoms with Crippen molar-refractivity contribution in [3.63, 3.8) is 0 Å². The number of nitrogens with zero attached hydrogens (tertiary/aromatic N) is 4. The number of likely N-dealkylation sites (tertiary alicyclic amines) is 4. The Hall–Kier alpha value is -0.950. The van der Waals surface area contributed by atoms with Crippen LogP contribution in [0.1, 0.15) is 78.6 Å². The van der Waals surface area contributed by atoms with Crippen molar-refractivity contribution in [1.82, 2.24) is 19.6 Å². The lowest BCUT2D eigenvalue weighted by Gasteiger charge is -2.65. The Morgan fingerprint density at radius 1 is 0.659 bits per heavy atom. The van der Waals surface area contributed by atoms with Gasteiger partial charge in [0.15, 0.2) is 0 Å². The van der Waals surface area contributed by atoms with Crippen molar-refractivity contribution in [3.05, 3.63) is 11.6 Å². The fraction of sp³-hybridized carbons (Fsp3) is 0.914. The molecule has 4 saturated heterocycles. The van der Waals surface area contributed by atoms with Gasteiger partial charge in [-0.15, -0.1) is 0 Å². The highest BCUT2D eigenvalue weighted by atomic mass is 16.4. The zero-order chi connectivity index (χ0) is 29.6. The molecule has 0 bridgehead atoms. The van der Waals surface area contributed by atoms with Crippen molar-refractivity contribution in [2.24, 2.45) is 45.8 Å². The van der Waals surface area contributed by atoms with Gasteiger partial charge in [0.2, 0.25) is 0 Å². The van der Waals surface area contributed by atoms with Gasteiger partial charge in [0.05, 0.1) is 5.92 Å². The van der Waals surface area contributed by atoms with Gasteiger partial charge in [-0.1, -0.05) is 32.4 Å². The van der Waals surface area contributed by atoms with Crippen molar-refractivity contribution >= 4 is 5.97 Å². The number of aliphatic carboxylic acids is 1. The molecule has 0 amide bonds. The van der Waals surface area contributed by atoms with Gasteiger partial charge in [-0.25, -0.2) is 0 Å².